The Kier molecular flexibility index (Phi) is 25.0. The first-order chi connectivity index (χ1) is 13.0. The summed E-state index contributed by atoms with van der Waals surface area (Å²) in [7, 11) is -4.05. The first-order valence-corrected chi connectivity index (χ1v) is 13.2. The van der Waals surface area contributed by atoms with E-state index in [0.29, 0.717) is 6.42 Å². The normalized spacial score (nSPS) is 12.7. The van der Waals surface area contributed by atoms with Gasteiger partial charge in [0.05, 0.1) is 6.10 Å². The molecule has 0 saturated carbocycles. The van der Waals surface area contributed by atoms with Crippen molar-refractivity contribution in [3.63, 3.8) is 0 Å². The maximum absolute atomic E-state index is 10.6. The molecular weight excluding hydrogens is 383 g/mol. The number of hydrogen-bond donors (Lipinski definition) is 2. The predicted molar refractivity (Wildman–Crippen MR) is 123 cm³/mol. The first-order valence-electron chi connectivity index (χ1n) is 11.6. The van der Waals surface area contributed by atoms with E-state index in [1.165, 1.54) is 96.3 Å². The summed E-state index contributed by atoms with van der Waals surface area (Å²) >= 11 is 0. The van der Waals surface area contributed by atoms with Gasteiger partial charge >= 0.3 is 29.6 Å². The fraction of sp³-hybridized carbons (Fsp3) is 1.00. The zero-order chi connectivity index (χ0) is 20.2. The fourth-order valence-corrected chi connectivity index (χ4v) is 4.26. The van der Waals surface area contributed by atoms with Crippen LogP contribution in [0.15, 0.2) is 0 Å². The topological polar surface area (TPSA) is 74.6 Å². The van der Waals surface area contributed by atoms with Crippen LogP contribution in [0.25, 0.3) is 0 Å². The summed E-state index contributed by atoms with van der Waals surface area (Å²) in [4.78, 5) is 0. The molecule has 1 unspecified atom stereocenters. The predicted octanol–water partition coefficient (Wildman–Crippen LogP) is 6.02. The standard InChI is InChI=1S/C22H46O4S.Na.H/c1-2-3-4-5-6-7-8-9-10-11-12-13-14-15-16-17-18-19-20-22(23)21-27(24,25)26;;/h22-23H,2-21H2,1H3,(H,24,25,26);;. The molecule has 0 amide bonds. The molecule has 0 aliphatic heterocycles. The third kappa shape index (κ3) is 26.9. The Morgan fingerprint density at radius 2 is 0.893 bits per heavy atom. The molecule has 0 radical (unpaired) electrons. The zero-order valence-corrected chi connectivity index (χ0v) is 18.7. The van der Waals surface area contributed by atoms with Crippen molar-refractivity contribution in [2.24, 2.45) is 0 Å². The molecule has 0 rings (SSSR count). The summed E-state index contributed by atoms with van der Waals surface area (Å²) in [6, 6.07) is 0. The molecule has 2 N–H and O–H groups in total. The Morgan fingerprint density at radius 3 is 1.18 bits per heavy atom. The summed E-state index contributed by atoms with van der Waals surface area (Å²) in [6.45, 7) is 2.27. The minimum atomic E-state index is -4.05. The van der Waals surface area contributed by atoms with Crippen molar-refractivity contribution in [2.45, 2.75) is 135 Å². The molecule has 166 valence electrons. The van der Waals surface area contributed by atoms with Gasteiger partial charge in [0.1, 0.15) is 5.75 Å². The van der Waals surface area contributed by atoms with E-state index in [1.54, 1.807) is 0 Å². The molecule has 0 bridgehead atoms. The summed E-state index contributed by atoms with van der Waals surface area (Å²) in [5, 5.41) is 9.48. The van der Waals surface area contributed by atoms with Gasteiger partial charge in [-0.1, -0.05) is 122 Å². The first kappa shape index (κ1) is 31.1. The number of unbranched alkanes of at least 4 members (excludes halogenated alkanes) is 17. The Hall–Kier alpha value is 0.870. The molecule has 0 aromatic rings. The molecule has 6 heteroatoms. The van der Waals surface area contributed by atoms with Crippen LogP contribution in [0, 0.1) is 0 Å². The van der Waals surface area contributed by atoms with Crippen molar-refractivity contribution in [1.82, 2.24) is 0 Å². The molecule has 0 aromatic heterocycles. The zero-order valence-electron chi connectivity index (χ0n) is 17.8. The van der Waals surface area contributed by atoms with Crippen LogP contribution in [0.2, 0.25) is 0 Å². The number of aliphatic hydroxyl groups excluding tert-OH is 1. The monoisotopic (exact) mass is 430 g/mol. The van der Waals surface area contributed by atoms with E-state index in [-0.39, 0.29) is 29.6 Å². The van der Waals surface area contributed by atoms with E-state index >= 15 is 0 Å². The van der Waals surface area contributed by atoms with Gasteiger partial charge in [-0.2, -0.15) is 8.42 Å². The van der Waals surface area contributed by atoms with Gasteiger partial charge in [-0.3, -0.25) is 4.55 Å². The molecule has 0 spiro atoms. The van der Waals surface area contributed by atoms with E-state index in [1.807, 2.05) is 0 Å². The second-order valence-electron chi connectivity index (χ2n) is 8.20. The maximum atomic E-state index is 10.6. The van der Waals surface area contributed by atoms with Crippen LogP contribution < -0.4 is 0 Å². The van der Waals surface area contributed by atoms with E-state index in [9.17, 15) is 13.5 Å². The van der Waals surface area contributed by atoms with Crippen LogP contribution in [-0.4, -0.2) is 59.5 Å². The molecular formula is C22H47NaO4S. The molecule has 0 heterocycles. The van der Waals surface area contributed by atoms with Crippen LogP contribution in [0.3, 0.4) is 0 Å². The molecule has 1 atom stereocenters. The van der Waals surface area contributed by atoms with Crippen molar-refractivity contribution in [3.05, 3.63) is 0 Å². The van der Waals surface area contributed by atoms with Crippen molar-refractivity contribution >= 4 is 39.7 Å². The molecule has 0 saturated heterocycles. The van der Waals surface area contributed by atoms with Gasteiger partial charge in [0.2, 0.25) is 0 Å². The van der Waals surface area contributed by atoms with Crippen molar-refractivity contribution in [1.29, 1.82) is 0 Å². The van der Waals surface area contributed by atoms with E-state index in [4.69, 9.17) is 4.55 Å². The minimum absolute atomic E-state index is 0. The summed E-state index contributed by atoms with van der Waals surface area (Å²) in [5.41, 5.74) is 0. The number of rotatable bonds is 21. The summed E-state index contributed by atoms with van der Waals surface area (Å²) in [5.74, 6) is -0.536. The third-order valence-corrected chi connectivity index (χ3v) is 6.10. The molecule has 4 nitrogen and oxygen atoms in total. The number of aliphatic hydroxyl groups is 1. The molecule has 28 heavy (non-hydrogen) atoms. The van der Waals surface area contributed by atoms with Gasteiger partial charge < -0.3 is 5.11 Å². The van der Waals surface area contributed by atoms with Crippen LogP contribution >= 0.6 is 0 Å². The van der Waals surface area contributed by atoms with Crippen molar-refractivity contribution < 1.29 is 18.1 Å². The average Bonchev–Trinajstić information content (AvgIpc) is 2.59. The van der Waals surface area contributed by atoms with E-state index in [2.05, 4.69) is 6.92 Å². The average molecular weight is 431 g/mol. The van der Waals surface area contributed by atoms with Gasteiger partial charge in [0.15, 0.2) is 0 Å². The van der Waals surface area contributed by atoms with Crippen molar-refractivity contribution in [3.8, 4) is 0 Å². The molecule has 0 aliphatic rings. The van der Waals surface area contributed by atoms with Crippen LogP contribution in [0.5, 0.6) is 0 Å². The van der Waals surface area contributed by atoms with Crippen LogP contribution in [0.4, 0.5) is 0 Å². The van der Waals surface area contributed by atoms with Gasteiger partial charge in [-0.15, -0.1) is 0 Å². The Labute approximate surface area is 197 Å². The van der Waals surface area contributed by atoms with Gasteiger partial charge in [-0.25, -0.2) is 0 Å². The Bertz CT molecular complexity index is 401. The van der Waals surface area contributed by atoms with E-state index < -0.39 is 22.0 Å². The van der Waals surface area contributed by atoms with Gasteiger partial charge in [0, 0.05) is 0 Å². The van der Waals surface area contributed by atoms with Crippen LogP contribution in [0.1, 0.15) is 129 Å². The summed E-state index contributed by atoms with van der Waals surface area (Å²) < 4.78 is 29.9. The molecule has 0 fully saturated rings. The van der Waals surface area contributed by atoms with Gasteiger partial charge in [0.25, 0.3) is 10.1 Å². The third-order valence-electron chi connectivity index (χ3n) is 5.29. The second kappa shape index (κ2) is 22.6. The fourth-order valence-electron chi connectivity index (χ4n) is 3.61. The van der Waals surface area contributed by atoms with Crippen LogP contribution in [-0.2, 0) is 10.1 Å². The second-order valence-corrected chi connectivity index (χ2v) is 9.70. The molecule has 0 aromatic carbocycles. The Morgan fingerprint density at radius 1 is 0.607 bits per heavy atom. The summed E-state index contributed by atoms with van der Waals surface area (Å²) in [6.07, 6.45) is 23.2. The Balaban J connectivity index is 0. The molecule has 0 aliphatic carbocycles. The quantitative estimate of drug-likeness (QED) is 0.133. The van der Waals surface area contributed by atoms with E-state index in [0.717, 1.165) is 19.3 Å². The van der Waals surface area contributed by atoms with Crippen molar-refractivity contribution in [2.75, 3.05) is 5.75 Å². The van der Waals surface area contributed by atoms with Gasteiger partial charge in [-0.05, 0) is 6.42 Å². The SMILES string of the molecule is CCCCCCCCCCCCCCCCCCCCC(O)CS(=O)(=O)O.[NaH]. The number of hydrogen-bond acceptors (Lipinski definition) is 3.